The fourth-order valence-electron chi connectivity index (χ4n) is 15.2. The van der Waals surface area contributed by atoms with E-state index in [1.807, 2.05) is 11.3 Å². The standard InChI is InChI=1S/C53H45NS/c1-5-13-43-38(9-1)39-22-21-37(29-45(39)53(43)35-25-32-23-33(27-35)28-36(53)26-32)54(47-16-8-18-49-51(47)41-11-3-6-17-48(41)55-49)46-15-7-14-44-50(46)40-10-2-4-12-42(40)52(44)30-31-19-20-34(52)24-31/h1-18,21-22,29,31-36H,19-20,23-28,30H2. The molecule has 0 radical (unpaired) electrons. The Morgan fingerprint density at radius 2 is 1.16 bits per heavy atom. The first-order valence-electron chi connectivity index (χ1n) is 21.4. The summed E-state index contributed by atoms with van der Waals surface area (Å²) in [4.78, 5) is 2.73. The van der Waals surface area contributed by atoms with Crippen molar-refractivity contribution < 1.29 is 0 Å². The molecule has 3 unspecified atom stereocenters. The largest absolute Gasteiger partial charge is 0.309 e. The van der Waals surface area contributed by atoms with Crippen LogP contribution in [0.1, 0.15) is 80.0 Å². The third kappa shape index (κ3) is 3.68. The summed E-state index contributed by atoms with van der Waals surface area (Å²) >= 11 is 1.94. The molecule has 15 rings (SSSR count). The average Bonchev–Trinajstić information content (AvgIpc) is 4.04. The number of thiophene rings is 1. The van der Waals surface area contributed by atoms with Crippen molar-refractivity contribution in [2.45, 2.75) is 68.6 Å². The molecule has 8 aliphatic carbocycles. The van der Waals surface area contributed by atoms with Crippen molar-refractivity contribution in [2.24, 2.45) is 35.5 Å². The number of fused-ring (bicyclic) bond motifs is 14. The van der Waals surface area contributed by atoms with Gasteiger partial charge in [0.15, 0.2) is 0 Å². The summed E-state index contributed by atoms with van der Waals surface area (Å²) in [5.74, 6) is 4.93. The summed E-state index contributed by atoms with van der Waals surface area (Å²) in [6.07, 6.45) is 12.6. The molecule has 0 N–H and O–H groups in total. The normalized spacial score (nSPS) is 31.1. The molecule has 6 saturated carbocycles. The van der Waals surface area contributed by atoms with E-state index in [9.17, 15) is 0 Å². The number of benzene rings is 6. The van der Waals surface area contributed by atoms with Crippen LogP contribution in [0.4, 0.5) is 17.1 Å². The lowest BCUT2D eigenvalue weighted by molar-refractivity contribution is -0.0399. The highest BCUT2D eigenvalue weighted by molar-refractivity contribution is 7.26. The van der Waals surface area contributed by atoms with Gasteiger partial charge >= 0.3 is 0 Å². The number of anilines is 3. The van der Waals surface area contributed by atoms with Crippen LogP contribution in [0.25, 0.3) is 42.4 Å². The van der Waals surface area contributed by atoms with Crippen molar-refractivity contribution in [1.29, 1.82) is 0 Å². The van der Waals surface area contributed by atoms with Crippen LogP contribution in [0.5, 0.6) is 0 Å². The molecule has 2 heteroatoms. The Labute approximate surface area is 328 Å². The van der Waals surface area contributed by atoms with E-state index in [0.29, 0.717) is 0 Å². The number of hydrogen-bond donors (Lipinski definition) is 0. The first kappa shape index (κ1) is 30.5. The third-order valence-electron chi connectivity index (χ3n) is 16.7. The average molecular weight is 728 g/mol. The van der Waals surface area contributed by atoms with Crippen LogP contribution in [0, 0.1) is 35.5 Å². The van der Waals surface area contributed by atoms with Gasteiger partial charge in [0.25, 0.3) is 0 Å². The van der Waals surface area contributed by atoms with Gasteiger partial charge in [0.05, 0.1) is 11.4 Å². The summed E-state index contributed by atoms with van der Waals surface area (Å²) in [6.45, 7) is 0. The van der Waals surface area contributed by atoms with Gasteiger partial charge in [0.1, 0.15) is 0 Å². The second kappa shape index (κ2) is 10.6. The van der Waals surface area contributed by atoms with Crippen molar-refractivity contribution in [1.82, 2.24) is 0 Å². The molecule has 7 aromatic rings. The molecule has 6 fully saturated rings. The first-order chi connectivity index (χ1) is 27.2. The van der Waals surface area contributed by atoms with Gasteiger partial charge in [-0.25, -0.2) is 0 Å². The Hall–Kier alpha value is -4.66. The summed E-state index contributed by atoms with van der Waals surface area (Å²) in [5, 5.41) is 2.75. The lowest BCUT2D eigenvalue weighted by Gasteiger charge is -2.61. The van der Waals surface area contributed by atoms with E-state index in [0.717, 1.165) is 35.5 Å². The van der Waals surface area contributed by atoms with Crippen LogP contribution in [0.15, 0.2) is 127 Å². The Kier molecular flexibility index (Phi) is 5.88. The zero-order valence-electron chi connectivity index (χ0n) is 31.3. The van der Waals surface area contributed by atoms with Crippen LogP contribution in [-0.4, -0.2) is 0 Å². The second-order valence-electron chi connectivity index (χ2n) is 18.8. The summed E-state index contributed by atoms with van der Waals surface area (Å²) < 4.78 is 2.73. The molecule has 0 amide bonds. The van der Waals surface area contributed by atoms with Crippen molar-refractivity contribution in [3.05, 3.63) is 150 Å². The zero-order valence-corrected chi connectivity index (χ0v) is 32.1. The molecule has 6 bridgehead atoms. The highest BCUT2D eigenvalue weighted by atomic mass is 32.1. The van der Waals surface area contributed by atoms with Gasteiger partial charge in [-0.3, -0.25) is 0 Å². The van der Waals surface area contributed by atoms with Gasteiger partial charge in [-0.15, -0.1) is 11.3 Å². The Morgan fingerprint density at radius 1 is 0.491 bits per heavy atom. The highest BCUT2D eigenvalue weighted by Gasteiger charge is 2.62. The summed E-state index contributed by atoms with van der Waals surface area (Å²) in [5.41, 5.74) is 16.7. The van der Waals surface area contributed by atoms with Crippen molar-refractivity contribution in [3.8, 4) is 22.3 Å². The van der Waals surface area contributed by atoms with Gasteiger partial charge in [0, 0.05) is 42.3 Å². The summed E-state index contributed by atoms with van der Waals surface area (Å²) in [7, 11) is 0. The maximum absolute atomic E-state index is 2.73. The van der Waals surface area contributed by atoms with Gasteiger partial charge in [-0.2, -0.15) is 0 Å². The van der Waals surface area contributed by atoms with E-state index in [1.165, 1.54) is 117 Å². The molecule has 1 aromatic heterocycles. The Morgan fingerprint density at radius 3 is 1.98 bits per heavy atom. The molecular formula is C53H45NS. The quantitative estimate of drug-likeness (QED) is 0.175. The van der Waals surface area contributed by atoms with Gasteiger partial charge in [-0.1, -0.05) is 97.4 Å². The van der Waals surface area contributed by atoms with Crippen LogP contribution >= 0.6 is 11.3 Å². The molecule has 1 nitrogen and oxygen atoms in total. The van der Waals surface area contributed by atoms with E-state index in [-0.39, 0.29) is 10.8 Å². The predicted molar refractivity (Wildman–Crippen MR) is 229 cm³/mol. The number of rotatable bonds is 3. The lowest BCUT2D eigenvalue weighted by Crippen LogP contribution is -2.55. The maximum Gasteiger partial charge on any atom is 0.0555 e. The van der Waals surface area contributed by atoms with Crippen LogP contribution in [0.2, 0.25) is 0 Å². The molecule has 6 aromatic carbocycles. The number of nitrogens with zero attached hydrogens (tertiary/aromatic N) is 1. The fourth-order valence-corrected chi connectivity index (χ4v) is 16.4. The van der Waals surface area contributed by atoms with Gasteiger partial charge in [-0.05, 0) is 162 Å². The van der Waals surface area contributed by atoms with Crippen LogP contribution in [0.3, 0.4) is 0 Å². The molecule has 1 heterocycles. The minimum atomic E-state index is 0.125. The van der Waals surface area contributed by atoms with Gasteiger partial charge < -0.3 is 4.90 Å². The minimum absolute atomic E-state index is 0.125. The second-order valence-corrected chi connectivity index (χ2v) is 19.9. The lowest BCUT2D eigenvalue weighted by atomic mass is 9.43. The third-order valence-corrected chi connectivity index (χ3v) is 17.8. The van der Waals surface area contributed by atoms with Crippen molar-refractivity contribution in [3.63, 3.8) is 0 Å². The Balaban J connectivity index is 1.06. The predicted octanol–water partition coefficient (Wildman–Crippen LogP) is 14.3. The topological polar surface area (TPSA) is 3.24 Å². The molecule has 55 heavy (non-hydrogen) atoms. The SMILES string of the molecule is c1ccc2c(c1)-c1c(N(c3ccc4c(c3)C3(c5ccccc5-4)C4CC5CC(C4)CC3C5)c3cccc4sc5ccccc5c34)cccc1C21CC2CCC1C2. The highest BCUT2D eigenvalue weighted by Crippen LogP contribution is 2.71. The van der Waals surface area contributed by atoms with Crippen molar-refractivity contribution in [2.75, 3.05) is 4.90 Å². The van der Waals surface area contributed by atoms with E-state index in [1.54, 1.807) is 22.3 Å². The van der Waals surface area contributed by atoms with Gasteiger partial charge in [0.2, 0.25) is 0 Å². The molecule has 0 saturated heterocycles. The van der Waals surface area contributed by atoms with E-state index < -0.39 is 0 Å². The zero-order chi connectivity index (χ0) is 35.6. The van der Waals surface area contributed by atoms with E-state index in [4.69, 9.17) is 0 Å². The van der Waals surface area contributed by atoms with Crippen LogP contribution < -0.4 is 4.90 Å². The monoisotopic (exact) mass is 727 g/mol. The Bertz CT molecular complexity index is 2760. The van der Waals surface area contributed by atoms with E-state index >= 15 is 0 Å². The smallest absolute Gasteiger partial charge is 0.0555 e. The molecule has 8 aliphatic rings. The minimum Gasteiger partial charge on any atom is -0.309 e. The van der Waals surface area contributed by atoms with E-state index in [2.05, 4.69) is 132 Å². The molecule has 0 aliphatic heterocycles. The molecule has 3 atom stereocenters. The molecule has 268 valence electrons. The van der Waals surface area contributed by atoms with Crippen molar-refractivity contribution >= 4 is 48.6 Å². The fraction of sp³-hybridized carbons (Fsp3) is 0.321. The molecule has 2 spiro atoms. The number of hydrogen-bond acceptors (Lipinski definition) is 2. The molecular weight excluding hydrogens is 683 g/mol. The maximum atomic E-state index is 2.73. The van der Waals surface area contributed by atoms with Crippen LogP contribution in [-0.2, 0) is 10.8 Å². The summed E-state index contributed by atoms with van der Waals surface area (Å²) in [6, 6.07) is 50.5. The first-order valence-corrected chi connectivity index (χ1v) is 22.2.